The maximum atomic E-state index is 13.0. The Labute approximate surface area is 202 Å². The van der Waals surface area contributed by atoms with E-state index in [0.29, 0.717) is 35.0 Å². The number of aliphatic hydroxyl groups is 1. The molecule has 186 valence electrons. The number of hydrogen-bond acceptors (Lipinski definition) is 2. The van der Waals surface area contributed by atoms with Crippen molar-refractivity contribution in [3.05, 3.63) is 12.2 Å². The highest BCUT2D eigenvalue weighted by Crippen LogP contribution is 2.77. The van der Waals surface area contributed by atoms with Crippen LogP contribution in [0.15, 0.2) is 12.2 Å². The van der Waals surface area contributed by atoms with Gasteiger partial charge in [0, 0.05) is 0 Å². The van der Waals surface area contributed by atoms with Crippen molar-refractivity contribution in [2.45, 2.75) is 112 Å². The molecule has 33 heavy (non-hydrogen) atoms. The molecule has 3 heteroatoms. The number of hydrogen-bond donors (Lipinski definition) is 2. The van der Waals surface area contributed by atoms with Gasteiger partial charge in [-0.25, -0.2) is 0 Å². The summed E-state index contributed by atoms with van der Waals surface area (Å²) in [6, 6.07) is 0. The third-order valence-corrected chi connectivity index (χ3v) is 13.5. The molecule has 4 unspecified atom stereocenters. The van der Waals surface area contributed by atoms with Gasteiger partial charge in [0.05, 0.1) is 11.5 Å². The minimum Gasteiger partial charge on any atom is -0.393 e. The fourth-order valence-corrected chi connectivity index (χ4v) is 11.6. The van der Waals surface area contributed by atoms with Crippen LogP contribution in [0.4, 0.5) is 0 Å². The van der Waals surface area contributed by atoms with Crippen LogP contribution >= 0.6 is 0 Å². The van der Waals surface area contributed by atoms with Gasteiger partial charge in [-0.05, 0) is 122 Å². The predicted molar refractivity (Wildman–Crippen MR) is 134 cm³/mol. The molecule has 0 spiro atoms. The van der Waals surface area contributed by atoms with Crippen LogP contribution < -0.4 is 5.73 Å². The minimum absolute atomic E-state index is 0.00370. The molecule has 3 N–H and O–H groups in total. The monoisotopic (exact) mass is 455 g/mol. The molecule has 5 rings (SSSR count). The molecule has 3 nitrogen and oxygen atoms in total. The zero-order chi connectivity index (χ0) is 24.2. The Bertz CT molecular complexity index is 863. The summed E-state index contributed by atoms with van der Waals surface area (Å²) in [6.07, 6.45) is 11.1. The number of primary amides is 1. The average Bonchev–Trinajstić information content (AvgIpc) is 3.13. The normalized spacial score (nSPS) is 55.0. The Kier molecular flexibility index (Phi) is 5.15. The number of carbonyl (C=O) groups excluding carboxylic acids is 1. The van der Waals surface area contributed by atoms with Crippen LogP contribution in [-0.4, -0.2) is 17.1 Å². The summed E-state index contributed by atoms with van der Waals surface area (Å²) in [5, 5.41) is 10.9. The average molecular weight is 456 g/mol. The van der Waals surface area contributed by atoms with Crippen LogP contribution in [0, 0.1) is 56.7 Å². The van der Waals surface area contributed by atoms with Crippen LogP contribution in [0.25, 0.3) is 0 Å². The van der Waals surface area contributed by atoms with Gasteiger partial charge in [-0.15, -0.1) is 0 Å². The summed E-state index contributed by atoms with van der Waals surface area (Å²) in [5.74, 6) is 2.63. The quantitative estimate of drug-likeness (QED) is 0.467. The Hall–Kier alpha value is -0.830. The van der Waals surface area contributed by atoms with E-state index in [4.69, 9.17) is 5.73 Å². The molecule has 0 saturated heterocycles. The molecule has 0 heterocycles. The highest BCUT2D eigenvalue weighted by molar-refractivity contribution is 5.82. The van der Waals surface area contributed by atoms with E-state index in [9.17, 15) is 9.90 Å². The summed E-state index contributed by atoms with van der Waals surface area (Å²) in [5.41, 5.74) is 7.96. The number of amides is 1. The van der Waals surface area contributed by atoms with Crippen molar-refractivity contribution in [2.24, 2.45) is 62.4 Å². The summed E-state index contributed by atoms with van der Waals surface area (Å²) >= 11 is 0. The zero-order valence-corrected chi connectivity index (χ0v) is 22.2. The highest BCUT2D eigenvalue weighted by atomic mass is 16.3. The van der Waals surface area contributed by atoms with Gasteiger partial charge in [-0.3, -0.25) is 4.79 Å². The van der Waals surface area contributed by atoms with Gasteiger partial charge < -0.3 is 10.8 Å². The zero-order valence-electron chi connectivity index (χ0n) is 22.2. The highest BCUT2D eigenvalue weighted by Gasteiger charge is 2.71. The molecule has 0 aliphatic heterocycles. The first-order chi connectivity index (χ1) is 15.3. The maximum Gasteiger partial charge on any atom is 0.223 e. The first kappa shape index (κ1) is 23.9. The summed E-state index contributed by atoms with van der Waals surface area (Å²) in [7, 11) is 0. The van der Waals surface area contributed by atoms with Crippen LogP contribution in [0.1, 0.15) is 106 Å². The summed E-state index contributed by atoms with van der Waals surface area (Å²) in [4.78, 5) is 13.0. The molecule has 10 atom stereocenters. The summed E-state index contributed by atoms with van der Waals surface area (Å²) < 4.78 is 0. The number of aliphatic hydroxyl groups excluding tert-OH is 1. The van der Waals surface area contributed by atoms with Crippen molar-refractivity contribution in [3.63, 3.8) is 0 Å². The molecule has 0 aromatic carbocycles. The molecule has 0 aromatic rings. The maximum absolute atomic E-state index is 13.0. The van der Waals surface area contributed by atoms with Gasteiger partial charge in [0.2, 0.25) is 5.91 Å². The first-order valence-electron chi connectivity index (χ1n) is 13.9. The molecule has 5 saturated carbocycles. The van der Waals surface area contributed by atoms with Crippen molar-refractivity contribution >= 4 is 5.91 Å². The molecule has 0 bridgehead atoms. The topological polar surface area (TPSA) is 63.3 Å². The van der Waals surface area contributed by atoms with Crippen molar-refractivity contribution in [1.29, 1.82) is 0 Å². The smallest absolute Gasteiger partial charge is 0.223 e. The molecule has 5 aliphatic carbocycles. The molecule has 0 aromatic heterocycles. The predicted octanol–water partition coefficient (Wildman–Crippen LogP) is 6.49. The van der Waals surface area contributed by atoms with Crippen molar-refractivity contribution in [1.82, 2.24) is 0 Å². The number of carbonyl (C=O) groups is 1. The number of nitrogens with two attached hydrogens (primary N) is 1. The van der Waals surface area contributed by atoms with Gasteiger partial charge in [-0.1, -0.05) is 46.8 Å². The Morgan fingerprint density at radius 1 is 0.848 bits per heavy atom. The van der Waals surface area contributed by atoms with Gasteiger partial charge >= 0.3 is 0 Å². The SMILES string of the molecule is C=C(C)[C@@H]1CC[C@]2(C(N)=O)CC[C@]3(C)C(CCC4[C@@]5(C)CC[C@H](O)C(C)(C)C5CC[C@]43C)C12. The number of fused-ring (bicyclic) bond motifs is 7. The third-order valence-electron chi connectivity index (χ3n) is 13.5. The molecular formula is C30H49NO2. The lowest BCUT2D eigenvalue weighted by atomic mass is 9.32. The Morgan fingerprint density at radius 2 is 1.55 bits per heavy atom. The van der Waals surface area contributed by atoms with Crippen molar-refractivity contribution in [2.75, 3.05) is 0 Å². The number of rotatable bonds is 2. The molecule has 5 aliphatic rings. The summed E-state index contributed by atoms with van der Waals surface area (Å²) in [6.45, 7) is 19.0. The van der Waals surface area contributed by atoms with Crippen molar-refractivity contribution in [3.8, 4) is 0 Å². The fourth-order valence-electron chi connectivity index (χ4n) is 11.6. The first-order valence-corrected chi connectivity index (χ1v) is 13.9. The van der Waals surface area contributed by atoms with Crippen LogP contribution in [0.3, 0.4) is 0 Å². The van der Waals surface area contributed by atoms with E-state index >= 15 is 0 Å². The molecule has 0 radical (unpaired) electrons. The van der Waals surface area contributed by atoms with E-state index in [-0.39, 0.29) is 33.7 Å². The lowest BCUT2D eigenvalue weighted by molar-refractivity contribution is -0.246. The Morgan fingerprint density at radius 3 is 2.18 bits per heavy atom. The molecular weight excluding hydrogens is 406 g/mol. The van der Waals surface area contributed by atoms with E-state index in [1.807, 2.05) is 0 Å². The van der Waals surface area contributed by atoms with E-state index < -0.39 is 0 Å². The molecule has 5 fully saturated rings. The van der Waals surface area contributed by atoms with Gasteiger partial charge in [0.25, 0.3) is 0 Å². The minimum atomic E-state index is -0.310. The second-order valence-corrected chi connectivity index (χ2v) is 14.6. The second-order valence-electron chi connectivity index (χ2n) is 14.6. The fraction of sp³-hybridized carbons (Fsp3) is 0.900. The van der Waals surface area contributed by atoms with Crippen LogP contribution in [-0.2, 0) is 4.79 Å². The van der Waals surface area contributed by atoms with Gasteiger partial charge in [-0.2, -0.15) is 0 Å². The van der Waals surface area contributed by atoms with E-state index in [1.165, 1.54) is 31.3 Å². The molecule has 1 amide bonds. The lowest BCUT2D eigenvalue weighted by Crippen LogP contribution is -2.67. The standard InChI is InChI=1S/C30H49NO2/c1-18(2)19-10-15-30(25(31)33)17-16-28(6)20(24(19)30)8-9-22-27(5)13-12-23(32)26(3,4)21(27)11-14-29(22,28)7/h19-24,32H,1,8-17H2,2-7H3,(H2,31,33)/t19-,20?,21?,22?,23-,24?,27-,28+,29+,30-/m0/s1. The van der Waals surface area contributed by atoms with E-state index in [1.54, 1.807) is 0 Å². The Balaban J connectivity index is 1.57. The van der Waals surface area contributed by atoms with E-state index in [0.717, 1.165) is 38.5 Å². The largest absolute Gasteiger partial charge is 0.393 e. The van der Waals surface area contributed by atoms with Crippen LogP contribution in [0.5, 0.6) is 0 Å². The second kappa shape index (κ2) is 7.11. The van der Waals surface area contributed by atoms with E-state index in [2.05, 4.69) is 48.1 Å². The third kappa shape index (κ3) is 2.75. The van der Waals surface area contributed by atoms with Gasteiger partial charge in [0.1, 0.15) is 0 Å². The lowest BCUT2D eigenvalue weighted by Gasteiger charge is -2.72. The van der Waals surface area contributed by atoms with Gasteiger partial charge in [0.15, 0.2) is 0 Å². The number of allylic oxidation sites excluding steroid dienone is 1. The van der Waals surface area contributed by atoms with Crippen LogP contribution in [0.2, 0.25) is 0 Å². The van der Waals surface area contributed by atoms with Crippen molar-refractivity contribution < 1.29 is 9.90 Å².